The van der Waals surface area contributed by atoms with Gasteiger partial charge in [-0.25, -0.2) is 9.97 Å². The lowest BCUT2D eigenvalue weighted by Gasteiger charge is -2.34. The van der Waals surface area contributed by atoms with Crippen molar-refractivity contribution >= 4 is 40.4 Å². The summed E-state index contributed by atoms with van der Waals surface area (Å²) in [4.78, 5) is 32.4. The minimum atomic E-state index is 0.169. The van der Waals surface area contributed by atoms with Crippen LogP contribution in [0.15, 0.2) is 41.7 Å². The van der Waals surface area contributed by atoms with Crippen molar-refractivity contribution in [2.24, 2.45) is 0 Å². The largest absolute Gasteiger partial charge is 0.341 e. The van der Waals surface area contributed by atoms with Crippen LogP contribution in [-0.4, -0.2) is 67.6 Å². The molecule has 0 saturated carbocycles. The van der Waals surface area contributed by atoms with Crippen molar-refractivity contribution in [3.8, 4) is 0 Å². The normalized spacial score (nSPS) is 15.2. The second kappa shape index (κ2) is 8.89. The molecule has 0 aliphatic carbocycles. The lowest BCUT2D eigenvalue weighted by molar-refractivity contribution is -0.132. The fourth-order valence-corrected chi connectivity index (χ4v) is 4.41. The van der Waals surface area contributed by atoms with Crippen molar-refractivity contribution < 1.29 is 4.79 Å². The highest BCUT2D eigenvalue weighted by Gasteiger charge is 2.21. The molecule has 4 rings (SSSR count). The van der Waals surface area contributed by atoms with Gasteiger partial charge in [-0.2, -0.15) is 4.98 Å². The number of carbonyl (C=O) groups is 1. The summed E-state index contributed by atoms with van der Waals surface area (Å²) < 4.78 is 0. The monoisotopic (exact) mass is 416 g/mol. The van der Waals surface area contributed by atoms with Gasteiger partial charge in [0.15, 0.2) is 5.65 Å². The van der Waals surface area contributed by atoms with Gasteiger partial charge in [0.05, 0.1) is 6.33 Å². The van der Waals surface area contributed by atoms with Gasteiger partial charge < -0.3 is 9.88 Å². The molecule has 3 heterocycles. The molecule has 1 saturated heterocycles. The first-order chi connectivity index (χ1) is 13.7. The summed E-state index contributed by atoms with van der Waals surface area (Å²) in [6.45, 7) is 4.31. The highest BCUT2D eigenvalue weighted by atomic mass is 35.5. The van der Waals surface area contributed by atoms with Gasteiger partial charge in [-0.05, 0) is 17.2 Å². The van der Waals surface area contributed by atoms with E-state index in [-0.39, 0.29) is 11.2 Å². The fraction of sp³-hybridized carbons (Fsp3) is 0.368. The van der Waals surface area contributed by atoms with E-state index in [0.717, 1.165) is 43.3 Å². The Morgan fingerprint density at radius 3 is 2.71 bits per heavy atom. The summed E-state index contributed by atoms with van der Waals surface area (Å²) >= 11 is 7.45. The maximum absolute atomic E-state index is 12.5. The van der Waals surface area contributed by atoms with Crippen LogP contribution in [0.2, 0.25) is 5.28 Å². The number of thioether (sulfide) groups is 1. The first-order valence-electron chi connectivity index (χ1n) is 9.22. The maximum Gasteiger partial charge on any atom is 0.225 e. The molecule has 0 unspecified atom stereocenters. The Morgan fingerprint density at radius 2 is 1.93 bits per heavy atom. The molecule has 1 fully saturated rings. The Kier molecular flexibility index (Phi) is 6.09. The Morgan fingerprint density at radius 1 is 1.14 bits per heavy atom. The third-order valence-corrected chi connectivity index (χ3v) is 5.90. The number of hydrogen-bond donors (Lipinski definition) is 1. The molecule has 2 aromatic heterocycles. The molecule has 1 N–H and O–H groups in total. The van der Waals surface area contributed by atoms with E-state index < -0.39 is 0 Å². The summed E-state index contributed by atoms with van der Waals surface area (Å²) in [5, 5.41) is 0.899. The summed E-state index contributed by atoms with van der Waals surface area (Å²) in [5.41, 5.74) is 2.62. The minimum Gasteiger partial charge on any atom is -0.341 e. The number of imidazole rings is 1. The molecular weight excluding hydrogens is 396 g/mol. The number of aromatic amines is 1. The molecule has 0 bridgehead atoms. The van der Waals surface area contributed by atoms with Gasteiger partial charge in [-0.1, -0.05) is 30.3 Å². The SMILES string of the molecule is O=C(CCSc1nc(Cl)nc2nc[nH]c12)N1CCN(Cc2ccccc2)CC1. The van der Waals surface area contributed by atoms with Crippen LogP contribution in [0.25, 0.3) is 11.2 Å². The molecule has 28 heavy (non-hydrogen) atoms. The van der Waals surface area contributed by atoms with Crippen molar-refractivity contribution in [3.63, 3.8) is 0 Å². The van der Waals surface area contributed by atoms with Gasteiger partial charge in [0.1, 0.15) is 10.5 Å². The van der Waals surface area contributed by atoms with Crippen molar-refractivity contribution in [1.29, 1.82) is 0 Å². The number of fused-ring (bicyclic) bond motifs is 1. The third kappa shape index (κ3) is 4.63. The number of nitrogens with one attached hydrogen (secondary N) is 1. The molecular formula is C19H21ClN6OS. The van der Waals surface area contributed by atoms with Gasteiger partial charge in [-0.3, -0.25) is 9.69 Å². The molecule has 7 nitrogen and oxygen atoms in total. The Balaban J connectivity index is 1.24. The van der Waals surface area contributed by atoms with E-state index in [1.165, 1.54) is 17.3 Å². The van der Waals surface area contributed by atoms with Crippen LogP contribution in [0.5, 0.6) is 0 Å². The van der Waals surface area contributed by atoms with E-state index in [0.29, 0.717) is 17.8 Å². The number of hydrogen-bond acceptors (Lipinski definition) is 6. The lowest BCUT2D eigenvalue weighted by Crippen LogP contribution is -2.48. The summed E-state index contributed by atoms with van der Waals surface area (Å²) in [6.07, 6.45) is 2.04. The predicted molar refractivity (Wildman–Crippen MR) is 110 cm³/mol. The van der Waals surface area contributed by atoms with E-state index in [9.17, 15) is 4.79 Å². The van der Waals surface area contributed by atoms with E-state index in [2.05, 4.69) is 49.1 Å². The number of carbonyl (C=O) groups excluding carboxylic acids is 1. The van der Waals surface area contributed by atoms with Crippen molar-refractivity contribution in [2.75, 3.05) is 31.9 Å². The first-order valence-corrected chi connectivity index (χ1v) is 10.6. The van der Waals surface area contributed by atoms with Crippen LogP contribution in [-0.2, 0) is 11.3 Å². The molecule has 3 aromatic rings. The molecule has 1 aliphatic rings. The molecule has 0 atom stereocenters. The van der Waals surface area contributed by atoms with Crippen LogP contribution < -0.4 is 0 Å². The topological polar surface area (TPSA) is 78.0 Å². The van der Waals surface area contributed by atoms with Gasteiger partial charge in [0.25, 0.3) is 0 Å². The molecule has 0 spiro atoms. The van der Waals surface area contributed by atoms with Gasteiger partial charge in [0, 0.05) is 44.9 Å². The van der Waals surface area contributed by atoms with Crippen molar-refractivity contribution in [1.82, 2.24) is 29.7 Å². The van der Waals surface area contributed by atoms with Gasteiger partial charge >= 0.3 is 0 Å². The molecule has 0 radical (unpaired) electrons. The second-order valence-corrected chi connectivity index (χ2v) is 8.06. The zero-order valence-corrected chi connectivity index (χ0v) is 16.9. The number of nitrogens with zero attached hydrogens (tertiary/aromatic N) is 5. The number of amides is 1. The van der Waals surface area contributed by atoms with E-state index in [4.69, 9.17) is 11.6 Å². The van der Waals surface area contributed by atoms with Crippen molar-refractivity contribution in [2.45, 2.75) is 18.0 Å². The van der Waals surface area contributed by atoms with Crippen LogP contribution in [0, 0.1) is 0 Å². The zero-order chi connectivity index (χ0) is 19.3. The summed E-state index contributed by atoms with van der Waals surface area (Å²) in [7, 11) is 0. The molecule has 1 aromatic carbocycles. The smallest absolute Gasteiger partial charge is 0.225 e. The van der Waals surface area contributed by atoms with Crippen LogP contribution >= 0.6 is 23.4 Å². The Labute approximate surface area is 172 Å². The number of halogens is 1. The van der Waals surface area contributed by atoms with E-state index >= 15 is 0 Å². The second-order valence-electron chi connectivity index (χ2n) is 6.64. The Bertz CT molecular complexity index is 942. The highest BCUT2D eigenvalue weighted by Crippen LogP contribution is 2.25. The summed E-state index contributed by atoms with van der Waals surface area (Å²) in [5.74, 6) is 0.831. The van der Waals surface area contributed by atoms with Crippen LogP contribution in [0.1, 0.15) is 12.0 Å². The highest BCUT2D eigenvalue weighted by molar-refractivity contribution is 7.99. The fourth-order valence-electron chi connectivity index (χ4n) is 3.28. The maximum atomic E-state index is 12.5. The molecule has 1 aliphatic heterocycles. The molecule has 1 amide bonds. The van der Waals surface area contributed by atoms with Gasteiger partial charge in [-0.15, -0.1) is 11.8 Å². The number of H-pyrrole nitrogens is 1. The quantitative estimate of drug-likeness (QED) is 0.378. The number of rotatable bonds is 6. The van der Waals surface area contributed by atoms with E-state index in [1.54, 1.807) is 6.33 Å². The molecule has 9 heteroatoms. The average molecular weight is 417 g/mol. The van der Waals surface area contributed by atoms with Crippen molar-refractivity contribution in [3.05, 3.63) is 47.5 Å². The average Bonchev–Trinajstić information content (AvgIpc) is 3.18. The zero-order valence-electron chi connectivity index (χ0n) is 15.3. The van der Waals surface area contributed by atoms with Crippen LogP contribution in [0.3, 0.4) is 0 Å². The van der Waals surface area contributed by atoms with Crippen LogP contribution in [0.4, 0.5) is 0 Å². The minimum absolute atomic E-state index is 0.169. The Hall–Kier alpha value is -2.16. The van der Waals surface area contributed by atoms with E-state index in [1.807, 2.05) is 11.0 Å². The number of aromatic nitrogens is 4. The third-order valence-electron chi connectivity index (χ3n) is 4.75. The summed E-state index contributed by atoms with van der Waals surface area (Å²) in [6, 6.07) is 10.4. The molecule has 146 valence electrons. The number of benzene rings is 1. The predicted octanol–water partition coefficient (Wildman–Crippen LogP) is 2.83. The number of piperazine rings is 1. The first kappa shape index (κ1) is 19.2. The standard InChI is InChI=1S/C19H21ClN6OS/c20-19-23-17-16(21-13-22-17)18(24-19)28-11-6-15(27)26-9-7-25(8-10-26)12-14-4-2-1-3-5-14/h1-5,13H,6-12H2,(H,21,22,23,24). The van der Waals surface area contributed by atoms with Gasteiger partial charge in [0.2, 0.25) is 11.2 Å². The lowest BCUT2D eigenvalue weighted by atomic mass is 10.2.